The van der Waals surface area contributed by atoms with Gasteiger partial charge in [-0.25, -0.2) is 0 Å². The fourth-order valence-corrected chi connectivity index (χ4v) is 2.78. The van der Waals surface area contributed by atoms with Crippen LogP contribution in [0.1, 0.15) is 33.3 Å². The van der Waals surface area contributed by atoms with Gasteiger partial charge < -0.3 is 10.1 Å². The summed E-state index contributed by atoms with van der Waals surface area (Å²) in [6, 6.07) is 6.45. The van der Waals surface area contributed by atoms with E-state index in [1.807, 2.05) is 0 Å². The number of benzene rings is 1. The molecule has 1 aromatic carbocycles. The smallest absolute Gasteiger partial charge is 0.406 e. The van der Waals surface area contributed by atoms with Crippen LogP contribution in [-0.4, -0.2) is 12.4 Å². The first kappa shape index (κ1) is 15.2. The monoisotopic (exact) mass is 287 g/mol. The van der Waals surface area contributed by atoms with Crippen molar-refractivity contribution in [2.75, 3.05) is 0 Å². The highest BCUT2D eigenvalue weighted by Gasteiger charge is 2.64. The molecule has 1 aliphatic rings. The van der Waals surface area contributed by atoms with Crippen molar-refractivity contribution in [2.45, 2.75) is 46.6 Å². The molecule has 112 valence electrons. The van der Waals surface area contributed by atoms with Gasteiger partial charge in [0, 0.05) is 12.6 Å². The first-order valence-corrected chi connectivity index (χ1v) is 6.62. The Hall–Kier alpha value is -1.23. The topological polar surface area (TPSA) is 21.3 Å². The van der Waals surface area contributed by atoms with Crippen LogP contribution >= 0.6 is 0 Å². The highest BCUT2D eigenvalue weighted by Crippen LogP contribution is 2.62. The molecule has 0 aromatic heterocycles. The van der Waals surface area contributed by atoms with Crippen molar-refractivity contribution in [3.8, 4) is 5.75 Å². The summed E-state index contributed by atoms with van der Waals surface area (Å²) in [5.41, 5.74) is 1.19. The second kappa shape index (κ2) is 4.65. The van der Waals surface area contributed by atoms with E-state index in [0.29, 0.717) is 12.6 Å². The summed E-state index contributed by atoms with van der Waals surface area (Å²) < 4.78 is 40.4. The summed E-state index contributed by atoms with van der Waals surface area (Å²) in [5, 5.41) is 3.41. The Morgan fingerprint density at radius 3 is 2.25 bits per heavy atom. The second-order valence-corrected chi connectivity index (χ2v) is 6.45. The van der Waals surface area contributed by atoms with Gasteiger partial charge in [0.25, 0.3) is 0 Å². The Bertz CT molecular complexity index is 480. The van der Waals surface area contributed by atoms with Gasteiger partial charge in [-0.1, -0.05) is 39.8 Å². The summed E-state index contributed by atoms with van der Waals surface area (Å²) in [4.78, 5) is 0. The minimum atomic E-state index is -4.65. The van der Waals surface area contributed by atoms with E-state index in [2.05, 4.69) is 37.7 Å². The second-order valence-electron chi connectivity index (χ2n) is 6.45. The van der Waals surface area contributed by atoms with E-state index in [4.69, 9.17) is 0 Å². The van der Waals surface area contributed by atoms with Crippen LogP contribution in [-0.2, 0) is 6.54 Å². The average Bonchev–Trinajstić information content (AvgIpc) is 2.65. The number of hydrogen-bond donors (Lipinski definition) is 1. The minimum absolute atomic E-state index is 0.175. The van der Waals surface area contributed by atoms with Crippen LogP contribution in [0, 0.1) is 10.8 Å². The molecule has 1 saturated carbocycles. The van der Waals surface area contributed by atoms with E-state index in [0.717, 1.165) is 5.56 Å². The zero-order chi connectivity index (χ0) is 15.2. The summed E-state index contributed by atoms with van der Waals surface area (Å²) >= 11 is 0. The molecule has 20 heavy (non-hydrogen) atoms. The number of rotatable bonds is 4. The molecule has 1 N–H and O–H groups in total. The maximum atomic E-state index is 12.2. The van der Waals surface area contributed by atoms with E-state index < -0.39 is 6.36 Å². The molecule has 0 unspecified atom stereocenters. The molecule has 0 radical (unpaired) electrons. The highest BCUT2D eigenvalue weighted by molar-refractivity contribution is 5.29. The third kappa shape index (κ3) is 2.92. The predicted molar refractivity (Wildman–Crippen MR) is 71.3 cm³/mol. The Morgan fingerprint density at radius 2 is 1.75 bits per heavy atom. The lowest BCUT2D eigenvalue weighted by Crippen LogP contribution is -2.22. The highest BCUT2D eigenvalue weighted by atomic mass is 19.4. The van der Waals surface area contributed by atoms with Crippen LogP contribution in [0.3, 0.4) is 0 Å². The molecule has 0 spiro atoms. The molecule has 0 bridgehead atoms. The number of hydrogen-bond acceptors (Lipinski definition) is 2. The van der Waals surface area contributed by atoms with Gasteiger partial charge in [-0.05, 0) is 28.5 Å². The molecule has 0 aliphatic heterocycles. The molecule has 1 fully saturated rings. The normalized spacial score (nSPS) is 20.8. The Labute approximate surface area is 117 Å². The third-order valence-corrected chi connectivity index (χ3v) is 4.66. The first-order chi connectivity index (χ1) is 9.04. The van der Waals surface area contributed by atoms with E-state index in [1.165, 1.54) is 12.1 Å². The molecule has 0 heterocycles. The lowest BCUT2D eigenvalue weighted by Gasteiger charge is -2.11. The van der Waals surface area contributed by atoms with Gasteiger partial charge in [-0.15, -0.1) is 13.2 Å². The summed E-state index contributed by atoms with van der Waals surface area (Å²) in [5.74, 6) is -0.175. The van der Waals surface area contributed by atoms with Crippen LogP contribution < -0.4 is 10.1 Å². The van der Waals surface area contributed by atoms with Crippen LogP contribution in [0.25, 0.3) is 0 Å². The first-order valence-electron chi connectivity index (χ1n) is 6.62. The number of halogens is 3. The van der Waals surface area contributed by atoms with E-state index in [1.54, 1.807) is 12.1 Å². The lowest BCUT2D eigenvalue weighted by molar-refractivity contribution is -0.274. The predicted octanol–water partition coefficient (Wildman–Crippen LogP) is 4.11. The van der Waals surface area contributed by atoms with Crippen LogP contribution in [0.2, 0.25) is 0 Å². The fraction of sp³-hybridized carbons (Fsp3) is 0.600. The van der Waals surface area contributed by atoms with Crippen molar-refractivity contribution in [1.82, 2.24) is 5.32 Å². The van der Waals surface area contributed by atoms with Gasteiger partial charge in [0.2, 0.25) is 0 Å². The Kier molecular flexibility index (Phi) is 3.53. The maximum absolute atomic E-state index is 12.2. The van der Waals surface area contributed by atoms with Gasteiger partial charge in [0.15, 0.2) is 0 Å². The van der Waals surface area contributed by atoms with E-state index in [9.17, 15) is 13.2 Å². The molecule has 0 atom stereocenters. The molecule has 1 aromatic rings. The number of ether oxygens (including phenoxy) is 1. The molecule has 1 aliphatic carbocycles. The maximum Gasteiger partial charge on any atom is 0.573 e. The molecule has 2 nitrogen and oxygen atoms in total. The number of alkyl halides is 3. The quantitative estimate of drug-likeness (QED) is 0.900. The van der Waals surface area contributed by atoms with Gasteiger partial charge in [-0.3, -0.25) is 0 Å². The fourth-order valence-electron chi connectivity index (χ4n) is 2.78. The van der Waals surface area contributed by atoms with Crippen molar-refractivity contribution < 1.29 is 17.9 Å². The van der Waals surface area contributed by atoms with E-state index in [-0.39, 0.29) is 16.6 Å². The van der Waals surface area contributed by atoms with Gasteiger partial charge >= 0.3 is 6.36 Å². The van der Waals surface area contributed by atoms with Gasteiger partial charge in [0.05, 0.1) is 0 Å². The van der Waals surface area contributed by atoms with Crippen LogP contribution in [0.4, 0.5) is 13.2 Å². The van der Waals surface area contributed by atoms with Crippen LogP contribution in [0.15, 0.2) is 24.3 Å². The Morgan fingerprint density at radius 1 is 1.15 bits per heavy atom. The third-order valence-electron chi connectivity index (χ3n) is 4.66. The summed E-state index contributed by atoms with van der Waals surface area (Å²) in [7, 11) is 0. The largest absolute Gasteiger partial charge is 0.573 e. The molecule has 5 heteroatoms. The lowest BCUT2D eigenvalue weighted by atomic mass is 10.0. The van der Waals surface area contributed by atoms with Gasteiger partial charge in [0.1, 0.15) is 5.75 Å². The van der Waals surface area contributed by atoms with Crippen molar-refractivity contribution in [3.05, 3.63) is 29.8 Å². The van der Waals surface area contributed by atoms with Crippen molar-refractivity contribution in [3.63, 3.8) is 0 Å². The minimum Gasteiger partial charge on any atom is -0.406 e. The van der Waals surface area contributed by atoms with Crippen molar-refractivity contribution >= 4 is 0 Å². The van der Waals surface area contributed by atoms with E-state index >= 15 is 0 Å². The zero-order valence-electron chi connectivity index (χ0n) is 12.1. The van der Waals surface area contributed by atoms with Crippen LogP contribution in [0.5, 0.6) is 5.75 Å². The molecule has 0 amide bonds. The SMILES string of the molecule is CC1(C)C(NCc2cccc(OC(F)(F)F)c2)C1(C)C. The molecular weight excluding hydrogens is 267 g/mol. The molecule has 2 rings (SSSR count). The van der Waals surface area contributed by atoms with Crippen molar-refractivity contribution in [2.24, 2.45) is 10.8 Å². The molecular formula is C15H20F3NO. The summed E-state index contributed by atoms with van der Waals surface area (Å²) in [6.07, 6.45) is -4.65. The van der Waals surface area contributed by atoms with Gasteiger partial charge in [-0.2, -0.15) is 0 Å². The molecule has 0 saturated heterocycles. The van der Waals surface area contributed by atoms with Crippen molar-refractivity contribution in [1.29, 1.82) is 0 Å². The average molecular weight is 287 g/mol. The Balaban J connectivity index is 1.96. The standard InChI is InChI=1S/C15H20F3NO/c1-13(2)12(14(13,3)4)19-9-10-6-5-7-11(8-10)20-15(16,17)18/h5-8,12,19H,9H2,1-4H3. The number of nitrogens with one attached hydrogen (secondary N) is 1. The zero-order valence-corrected chi connectivity index (χ0v) is 12.1. The summed E-state index contributed by atoms with van der Waals surface area (Å²) in [6.45, 7) is 9.29.